The molecule has 0 aromatic heterocycles. The minimum atomic E-state index is -0.536. The molecule has 0 bridgehead atoms. The van der Waals surface area contributed by atoms with Crippen molar-refractivity contribution in [2.24, 2.45) is 4.99 Å². The molecule has 7 heteroatoms. The first-order valence-electron chi connectivity index (χ1n) is 7.40. The van der Waals surface area contributed by atoms with E-state index < -0.39 is 5.97 Å². The van der Waals surface area contributed by atoms with Gasteiger partial charge in [-0.3, -0.25) is 0 Å². The molecule has 126 valence electrons. The molecular weight excluding hydrogens is 346 g/mol. The monoisotopic (exact) mass is 357 g/mol. The van der Waals surface area contributed by atoms with Crippen LogP contribution in [0.2, 0.25) is 5.02 Å². The number of ether oxygens (including phenoxy) is 4. The highest BCUT2D eigenvalue weighted by atomic mass is 35.5. The largest absolute Gasteiger partial charge is 0.493 e. The van der Waals surface area contributed by atoms with Crippen LogP contribution in [0.3, 0.4) is 0 Å². The van der Waals surface area contributed by atoms with Gasteiger partial charge in [-0.1, -0.05) is 17.7 Å². The molecule has 0 amide bonds. The van der Waals surface area contributed by atoms with E-state index in [1.807, 2.05) is 0 Å². The Morgan fingerprint density at radius 1 is 1.24 bits per heavy atom. The van der Waals surface area contributed by atoms with E-state index in [1.165, 1.54) is 7.11 Å². The zero-order valence-electron chi connectivity index (χ0n) is 13.1. The minimum absolute atomic E-state index is 0.130. The molecule has 2 heterocycles. The number of hydrogen-bond donors (Lipinski definition) is 0. The van der Waals surface area contributed by atoms with Crippen LogP contribution in [0.1, 0.15) is 11.1 Å². The molecule has 6 nitrogen and oxygen atoms in total. The molecule has 0 saturated carbocycles. The number of esters is 1. The van der Waals surface area contributed by atoms with Gasteiger partial charge in [0.15, 0.2) is 17.2 Å². The Balaban J connectivity index is 1.71. The van der Waals surface area contributed by atoms with Crippen LogP contribution in [0.5, 0.6) is 17.2 Å². The summed E-state index contributed by atoms with van der Waals surface area (Å²) in [7, 11) is 1.54. The molecule has 4 rings (SSSR count). The second-order valence-corrected chi connectivity index (χ2v) is 5.74. The summed E-state index contributed by atoms with van der Waals surface area (Å²) < 4.78 is 21.3. The maximum absolute atomic E-state index is 12.1. The van der Waals surface area contributed by atoms with Crippen molar-refractivity contribution in [1.29, 1.82) is 0 Å². The first-order chi connectivity index (χ1) is 12.1. The maximum atomic E-state index is 12.1. The van der Waals surface area contributed by atoms with E-state index in [2.05, 4.69) is 4.99 Å². The highest BCUT2D eigenvalue weighted by molar-refractivity contribution is 6.31. The lowest BCUT2D eigenvalue weighted by Crippen LogP contribution is -2.05. The first-order valence-corrected chi connectivity index (χ1v) is 7.78. The summed E-state index contributed by atoms with van der Waals surface area (Å²) in [6, 6.07) is 10.4. The highest BCUT2D eigenvalue weighted by Gasteiger charge is 2.25. The summed E-state index contributed by atoms with van der Waals surface area (Å²) in [5, 5.41) is 0.536. The number of benzene rings is 2. The fourth-order valence-corrected chi connectivity index (χ4v) is 2.74. The Morgan fingerprint density at radius 2 is 2.12 bits per heavy atom. The van der Waals surface area contributed by atoms with Crippen molar-refractivity contribution >= 4 is 29.5 Å². The zero-order chi connectivity index (χ0) is 17.4. The molecule has 2 aliphatic heterocycles. The molecule has 0 aliphatic carbocycles. The quantitative estimate of drug-likeness (QED) is 0.622. The van der Waals surface area contributed by atoms with E-state index in [4.69, 9.17) is 30.5 Å². The predicted octanol–water partition coefficient (Wildman–Crippen LogP) is 3.42. The van der Waals surface area contributed by atoms with E-state index in [0.29, 0.717) is 33.4 Å². The van der Waals surface area contributed by atoms with Gasteiger partial charge in [0.05, 0.1) is 7.11 Å². The lowest BCUT2D eigenvalue weighted by Gasteiger charge is -2.05. The Hall–Kier alpha value is -2.99. The third kappa shape index (κ3) is 2.92. The zero-order valence-corrected chi connectivity index (χ0v) is 13.9. The normalized spacial score (nSPS) is 16.8. The molecule has 0 spiro atoms. The average Bonchev–Trinajstić information content (AvgIpc) is 3.21. The van der Waals surface area contributed by atoms with Crippen molar-refractivity contribution in [3.05, 3.63) is 58.2 Å². The van der Waals surface area contributed by atoms with E-state index in [1.54, 1.807) is 42.5 Å². The third-order valence-electron chi connectivity index (χ3n) is 3.68. The van der Waals surface area contributed by atoms with Gasteiger partial charge in [0.25, 0.3) is 0 Å². The van der Waals surface area contributed by atoms with Crippen LogP contribution in [0.4, 0.5) is 0 Å². The van der Waals surface area contributed by atoms with Gasteiger partial charge in [0, 0.05) is 10.6 Å². The molecule has 0 fully saturated rings. The van der Waals surface area contributed by atoms with Crippen molar-refractivity contribution < 1.29 is 23.7 Å². The topological polar surface area (TPSA) is 66.4 Å². The number of halogens is 1. The van der Waals surface area contributed by atoms with E-state index >= 15 is 0 Å². The Kier molecular flexibility index (Phi) is 3.82. The summed E-state index contributed by atoms with van der Waals surface area (Å²) in [5.74, 6) is 1.30. The maximum Gasteiger partial charge on any atom is 0.363 e. The second-order valence-electron chi connectivity index (χ2n) is 5.30. The van der Waals surface area contributed by atoms with Crippen molar-refractivity contribution in [1.82, 2.24) is 0 Å². The number of hydrogen-bond acceptors (Lipinski definition) is 6. The smallest absolute Gasteiger partial charge is 0.363 e. The lowest BCUT2D eigenvalue weighted by atomic mass is 10.1. The number of carbonyl (C=O) groups is 1. The minimum Gasteiger partial charge on any atom is -0.493 e. The molecule has 2 aromatic rings. The summed E-state index contributed by atoms with van der Waals surface area (Å²) in [6.45, 7) is 0.130. The molecule has 25 heavy (non-hydrogen) atoms. The van der Waals surface area contributed by atoms with Crippen molar-refractivity contribution in [3.8, 4) is 17.2 Å². The number of carbonyl (C=O) groups excluding carboxylic acids is 1. The lowest BCUT2D eigenvalue weighted by molar-refractivity contribution is -0.129. The van der Waals surface area contributed by atoms with E-state index in [0.717, 1.165) is 0 Å². The summed E-state index contributed by atoms with van der Waals surface area (Å²) in [5.41, 5.74) is 1.49. The number of aliphatic imine (C=N–C) groups is 1. The molecule has 2 aliphatic rings. The van der Waals surface area contributed by atoms with Crippen LogP contribution >= 0.6 is 11.6 Å². The number of cyclic esters (lactones) is 1. The molecule has 0 N–H and O–H groups in total. The van der Waals surface area contributed by atoms with Gasteiger partial charge >= 0.3 is 5.97 Å². The van der Waals surface area contributed by atoms with Gasteiger partial charge in [-0.2, -0.15) is 0 Å². The van der Waals surface area contributed by atoms with Gasteiger partial charge in [-0.05, 0) is 42.0 Å². The van der Waals surface area contributed by atoms with Crippen molar-refractivity contribution in [2.75, 3.05) is 13.9 Å². The Labute approximate surface area is 148 Å². The number of methoxy groups -OCH3 is 1. The standard InChI is InChI=1S/C18H12ClNO5/c1-22-14-6-10(7-15-16(14)24-9-23-15)5-13-18(21)25-17(20-13)11-3-2-4-12(19)8-11/h2-8H,9H2,1H3/b13-5-. The Morgan fingerprint density at radius 3 is 2.92 bits per heavy atom. The second kappa shape index (κ2) is 6.14. The van der Waals surface area contributed by atoms with Crippen LogP contribution in [-0.4, -0.2) is 25.8 Å². The predicted molar refractivity (Wildman–Crippen MR) is 91.2 cm³/mol. The number of nitrogens with zero attached hydrogens (tertiary/aromatic N) is 1. The van der Waals surface area contributed by atoms with Gasteiger partial charge in [-0.15, -0.1) is 0 Å². The fourth-order valence-electron chi connectivity index (χ4n) is 2.55. The van der Waals surface area contributed by atoms with Gasteiger partial charge in [0.2, 0.25) is 18.4 Å². The fraction of sp³-hybridized carbons (Fsp3) is 0.111. The average molecular weight is 358 g/mol. The molecule has 0 atom stereocenters. The summed E-state index contributed by atoms with van der Waals surface area (Å²) in [4.78, 5) is 16.4. The van der Waals surface area contributed by atoms with Crippen molar-refractivity contribution in [2.45, 2.75) is 0 Å². The van der Waals surface area contributed by atoms with E-state index in [-0.39, 0.29) is 18.4 Å². The van der Waals surface area contributed by atoms with Crippen LogP contribution in [0.15, 0.2) is 47.1 Å². The summed E-state index contributed by atoms with van der Waals surface area (Å²) >= 11 is 5.96. The van der Waals surface area contributed by atoms with Crippen molar-refractivity contribution in [3.63, 3.8) is 0 Å². The van der Waals surface area contributed by atoms with Gasteiger partial charge in [-0.25, -0.2) is 9.79 Å². The molecule has 2 aromatic carbocycles. The van der Waals surface area contributed by atoms with Crippen LogP contribution in [0.25, 0.3) is 6.08 Å². The third-order valence-corrected chi connectivity index (χ3v) is 3.91. The SMILES string of the molecule is COc1cc(/C=C2\N=C(c3cccc(Cl)c3)OC2=O)cc2c1OCO2. The van der Waals surface area contributed by atoms with E-state index in [9.17, 15) is 4.79 Å². The number of fused-ring (bicyclic) bond motifs is 1. The Bertz CT molecular complexity index is 935. The highest BCUT2D eigenvalue weighted by Crippen LogP contribution is 2.42. The van der Waals surface area contributed by atoms with Crippen LogP contribution in [0, 0.1) is 0 Å². The number of rotatable bonds is 3. The summed E-state index contributed by atoms with van der Waals surface area (Å²) in [6.07, 6.45) is 1.60. The first kappa shape index (κ1) is 15.5. The molecule has 0 saturated heterocycles. The van der Waals surface area contributed by atoms with Crippen LogP contribution in [-0.2, 0) is 9.53 Å². The van der Waals surface area contributed by atoms with Crippen LogP contribution < -0.4 is 14.2 Å². The molecular formula is C18H12ClNO5. The van der Waals surface area contributed by atoms with Gasteiger partial charge < -0.3 is 18.9 Å². The molecule has 0 radical (unpaired) electrons. The molecule has 0 unspecified atom stereocenters. The van der Waals surface area contributed by atoms with Gasteiger partial charge in [0.1, 0.15) is 0 Å².